The van der Waals surface area contributed by atoms with Gasteiger partial charge in [0, 0.05) is 29.3 Å². The van der Waals surface area contributed by atoms with E-state index < -0.39 is 0 Å². The summed E-state index contributed by atoms with van der Waals surface area (Å²) in [6.07, 6.45) is 3.02. The number of para-hydroxylation sites is 1. The zero-order chi connectivity index (χ0) is 18.2. The first-order valence-corrected chi connectivity index (χ1v) is 9.65. The number of hydrogen-bond acceptors (Lipinski definition) is 2. The fraction of sp³-hybridized carbons (Fsp3) is 0.409. The van der Waals surface area contributed by atoms with Gasteiger partial charge >= 0.3 is 0 Å². The highest BCUT2D eigenvalue weighted by molar-refractivity contribution is 6.30. The molecule has 0 saturated carbocycles. The normalized spacial score (nSPS) is 20.7. The summed E-state index contributed by atoms with van der Waals surface area (Å²) in [4.78, 5) is 5.25. The molecule has 0 atom stereocenters. The molecule has 0 aromatic heterocycles. The summed E-state index contributed by atoms with van der Waals surface area (Å²) in [5.41, 5.74) is 3.34. The number of rotatable bonds is 2. The second-order valence-corrected chi connectivity index (χ2v) is 8.32. The van der Waals surface area contributed by atoms with Gasteiger partial charge < -0.3 is 10.1 Å². The van der Waals surface area contributed by atoms with Gasteiger partial charge in [0.05, 0.1) is 5.54 Å². The first kappa shape index (κ1) is 17.6. The zero-order valence-corrected chi connectivity index (χ0v) is 16.1. The molecule has 136 valence electrons. The minimum atomic E-state index is -0.356. The van der Waals surface area contributed by atoms with Gasteiger partial charge in [-0.1, -0.05) is 41.9 Å². The number of halogens is 1. The van der Waals surface area contributed by atoms with Gasteiger partial charge in [-0.05, 0) is 62.4 Å². The van der Waals surface area contributed by atoms with E-state index in [2.05, 4.69) is 49.5 Å². The minimum Gasteiger partial charge on any atom is -0.381 e. The maximum Gasteiger partial charge on any atom is 0.109 e. The average molecular weight is 369 g/mol. The average Bonchev–Trinajstić information content (AvgIpc) is 2.63. The summed E-state index contributed by atoms with van der Waals surface area (Å²) < 4.78 is 5.66. The molecule has 2 aliphatic rings. The molecule has 3 nitrogen and oxygen atoms in total. The summed E-state index contributed by atoms with van der Waals surface area (Å²) in [6, 6.07) is 16.6. The lowest BCUT2D eigenvalue weighted by Gasteiger charge is -2.43. The van der Waals surface area contributed by atoms with Crippen LogP contribution in [0.25, 0.3) is 0 Å². The predicted molar refractivity (Wildman–Crippen MR) is 108 cm³/mol. The van der Waals surface area contributed by atoms with Crippen LogP contribution < -0.4 is 5.32 Å². The van der Waals surface area contributed by atoms with Crippen LogP contribution in [0.2, 0.25) is 5.02 Å². The van der Waals surface area contributed by atoms with Crippen LogP contribution in [0.1, 0.15) is 37.8 Å². The monoisotopic (exact) mass is 368 g/mol. The van der Waals surface area contributed by atoms with Crippen molar-refractivity contribution in [3.63, 3.8) is 0 Å². The molecule has 1 N–H and O–H groups in total. The minimum absolute atomic E-state index is 0.0302. The molecule has 26 heavy (non-hydrogen) atoms. The van der Waals surface area contributed by atoms with E-state index in [0.29, 0.717) is 0 Å². The van der Waals surface area contributed by atoms with Gasteiger partial charge in [0.1, 0.15) is 5.84 Å². The number of benzene rings is 2. The van der Waals surface area contributed by atoms with Crippen molar-refractivity contribution in [2.75, 3.05) is 18.5 Å². The molecule has 2 heterocycles. The molecule has 0 radical (unpaired) electrons. The standard InChI is InChI=1S/C22H25ClN2O/c1-21(2,17-7-5-8-18(23)14-17)25-20-22(10-12-26-13-11-22)15-16-6-3-4-9-19(16)24-20/h3-9,14H,10-13,15H2,1-2H3,(H,24,25). The van der Waals surface area contributed by atoms with Crippen molar-refractivity contribution in [1.29, 1.82) is 0 Å². The number of nitrogens with zero attached hydrogens (tertiary/aromatic N) is 1. The van der Waals surface area contributed by atoms with Crippen LogP contribution in [-0.4, -0.2) is 19.0 Å². The molecule has 4 rings (SSSR count). The number of amidine groups is 1. The van der Waals surface area contributed by atoms with Gasteiger partial charge in [0.25, 0.3) is 0 Å². The lowest BCUT2D eigenvalue weighted by Crippen LogP contribution is -2.46. The van der Waals surface area contributed by atoms with E-state index in [-0.39, 0.29) is 11.0 Å². The van der Waals surface area contributed by atoms with Gasteiger partial charge in [-0.25, -0.2) is 0 Å². The van der Waals surface area contributed by atoms with Crippen LogP contribution in [-0.2, 0) is 16.7 Å². The van der Waals surface area contributed by atoms with Crippen LogP contribution in [0, 0.1) is 5.41 Å². The molecule has 2 aromatic rings. The van der Waals surface area contributed by atoms with Gasteiger partial charge in [0.15, 0.2) is 0 Å². The SMILES string of the molecule is CC(C)(N=C1Nc2ccccc2CC12CCOCC2)c1cccc(Cl)c1. The molecule has 2 aromatic carbocycles. The van der Waals surface area contributed by atoms with Crippen molar-refractivity contribution >= 4 is 23.1 Å². The van der Waals surface area contributed by atoms with Gasteiger partial charge in [-0.15, -0.1) is 0 Å². The fourth-order valence-electron chi connectivity index (χ4n) is 4.04. The van der Waals surface area contributed by atoms with E-state index in [1.807, 2.05) is 18.2 Å². The second kappa shape index (κ2) is 6.71. The Hall–Kier alpha value is -1.84. The summed E-state index contributed by atoms with van der Waals surface area (Å²) in [5.74, 6) is 1.09. The molecule has 4 heteroatoms. The highest BCUT2D eigenvalue weighted by Crippen LogP contribution is 2.43. The molecular weight excluding hydrogens is 344 g/mol. The van der Waals surface area contributed by atoms with Crippen molar-refractivity contribution in [2.24, 2.45) is 10.4 Å². The number of hydrogen-bond donors (Lipinski definition) is 1. The van der Waals surface area contributed by atoms with Crippen molar-refractivity contribution in [3.05, 3.63) is 64.7 Å². The molecular formula is C22H25ClN2O. The Kier molecular flexibility index (Phi) is 4.54. The molecule has 0 amide bonds. The fourth-order valence-corrected chi connectivity index (χ4v) is 4.23. The second-order valence-electron chi connectivity index (χ2n) is 7.88. The summed E-state index contributed by atoms with van der Waals surface area (Å²) in [7, 11) is 0. The summed E-state index contributed by atoms with van der Waals surface area (Å²) in [6.45, 7) is 5.89. The van der Waals surface area contributed by atoms with Crippen molar-refractivity contribution < 1.29 is 4.74 Å². The predicted octanol–water partition coefficient (Wildman–Crippen LogP) is 5.44. The Balaban J connectivity index is 1.77. The molecule has 0 unspecified atom stereocenters. The molecule has 1 saturated heterocycles. The lowest BCUT2D eigenvalue weighted by molar-refractivity contribution is 0.0446. The molecule has 0 bridgehead atoms. The Morgan fingerprint density at radius 3 is 2.62 bits per heavy atom. The van der Waals surface area contributed by atoms with E-state index in [4.69, 9.17) is 21.3 Å². The number of fused-ring (bicyclic) bond motifs is 1. The summed E-state index contributed by atoms with van der Waals surface area (Å²) >= 11 is 6.22. The van der Waals surface area contributed by atoms with Crippen molar-refractivity contribution in [2.45, 2.75) is 38.6 Å². The highest BCUT2D eigenvalue weighted by Gasteiger charge is 2.42. The highest BCUT2D eigenvalue weighted by atomic mass is 35.5. The van der Waals surface area contributed by atoms with E-state index in [0.717, 1.165) is 48.9 Å². The first-order valence-electron chi connectivity index (χ1n) is 9.28. The topological polar surface area (TPSA) is 33.6 Å². The zero-order valence-electron chi connectivity index (χ0n) is 15.4. The maximum atomic E-state index is 6.22. The molecule has 2 aliphatic heterocycles. The Bertz CT molecular complexity index is 838. The molecule has 1 fully saturated rings. The van der Waals surface area contributed by atoms with E-state index >= 15 is 0 Å². The van der Waals surface area contributed by atoms with Gasteiger partial charge in [-0.3, -0.25) is 4.99 Å². The third-order valence-electron chi connectivity index (χ3n) is 5.67. The largest absolute Gasteiger partial charge is 0.381 e. The first-order chi connectivity index (χ1) is 12.5. The van der Waals surface area contributed by atoms with Crippen molar-refractivity contribution in [1.82, 2.24) is 0 Å². The van der Waals surface area contributed by atoms with E-state index in [1.54, 1.807) is 0 Å². The Morgan fingerprint density at radius 1 is 1.08 bits per heavy atom. The molecule has 1 spiro atoms. The third kappa shape index (κ3) is 3.26. The van der Waals surface area contributed by atoms with Crippen LogP contribution in [0.5, 0.6) is 0 Å². The summed E-state index contributed by atoms with van der Waals surface area (Å²) in [5, 5.41) is 4.41. The van der Waals surface area contributed by atoms with E-state index in [9.17, 15) is 0 Å². The van der Waals surface area contributed by atoms with E-state index in [1.165, 1.54) is 11.3 Å². The van der Waals surface area contributed by atoms with Gasteiger partial charge in [0.2, 0.25) is 0 Å². The maximum absolute atomic E-state index is 6.22. The smallest absolute Gasteiger partial charge is 0.109 e. The van der Waals surface area contributed by atoms with Crippen molar-refractivity contribution in [3.8, 4) is 0 Å². The third-order valence-corrected chi connectivity index (χ3v) is 5.91. The quantitative estimate of drug-likeness (QED) is 0.765. The number of aliphatic imine (C=N–C) groups is 1. The number of nitrogens with one attached hydrogen (secondary N) is 1. The number of ether oxygens (including phenoxy) is 1. The Labute approximate surface area is 160 Å². The van der Waals surface area contributed by atoms with Crippen LogP contribution >= 0.6 is 11.6 Å². The number of anilines is 1. The Morgan fingerprint density at radius 2 is 1.85 bits per heavy atom. The van der Waals surface area contributed by atoms with Crippen LogP contribution in [0.15, 0.2) is 53.5 Å². The van der Waals surface area contributed by atoms with Crippen LogP contribution in [0.4, 0.5) is 5.69 Å². The van der Waals surface area contributed by atoms with Gasteiger partial charge in [-0.2, -0.15) is 0 Å². The lowest BCUT2D eigenvalue weighted by atomic mass is 9.71. The molecule has 0 aliphatic carbocycles. The van der Waals surface area contributed by atoms with Crippen LogP contribution in [0.3, 0.4) is 0 Å².